The number of hydrogen-bond acceptors (Lipinski definition) is 2. The van der Waals surface area contributed by atoms with E-state index in [-0.39, 0.29) is 0 Å². The van der Waals surface area contributed by atoms with E-state index in [0.717, 1.165) is 12.0 Å². The van der Waals surface area contributed by atoms with Crippen molar-refractivity contribution in [3.05, 3.63) is 36.4 Å². The van der Waals surface area contributed by atoms with E-state index in [4.69, 9.17) is 0 Å². The summed E-state index contributed by atoms with van der Waals surface area (Å²) in [6.07, 6.45) is 2.46. The van der Waals surface area contributed by atoms with E-state index in [1.54, 1.807) is 30.3 Å². The van der Waals surface area contributed by atoms with Crippen molar-refractivity contribution in [1.29, 1.82) is 0 Å². The van der Waals surface area contributed by atoms with Gasteiger partial charge in [0.2, 0.25) is 10.0 Å². The molecule has 0 saturated carbocycles. The lowest BCUT2D eigenvalue weighted by Crippen LogP contribution is -2.24. The van der Waals surface area contributed by atoms with Gasteiger partial charge in [-0.1, -0.05) is 31.7 Å². The molecule has 0 aliphatic heterocycles. The van der Waals surface area contributed by atoms with Crippen LogP contribution in [0.3, 0.4) is 0 Å². The summed E-state index contributed by atoms with van der Waals surface area (Å²) in [5.41, 5.74) is 0.907. The molecule has 0 aliphatic rings. The van der Waals surface area contributed by atoms with Crippen molar-refractivity contribution in [1.82, 2.24) is 4.72 Å². The second kappa shape index (κ2) is 5.09. The molecule has 0 spiro atoms. The monoisotopic (exact) mass is 225 g/mol. The lowest BCUT2D eigenvalue weighted by molar-refractivity contribution is 0.581. The first-order valence-electron chi connectivity index (χ1n) is 4.82. The van der Waals surface area contributed by atoms with Crippen molar-refractivity contribution in [3.63, 3.8) is 0 Å². The van der Waals surface area contributed by atoms with Gasteiger partial charge in [-0.15, -0.1) is 0 Å². The van der Waals surface area contributed by atoms with Gasteiger partial charge in [-0.2, -0.15) is 0 Å². The Balaban J connectivity index is 2.90. The quantitative estimate of drug-likeness (QED) is 0.833. The van der Waals surface area contributed by atoms with Gasteiger partial charge in [0.05, 0.1) is 4.90 Å². The summed E-state index contributed by atoms with van der Waals surface area (Å²) in [5, 5.41) is 0. The average molecular weight is 225 g/mol. The second-order valence-electron chi connectivity index (χ2n) is 3.17. The molecule has 0 amide bonds. The topological polar surface area (TPSA) is 46.2 Å². The summed E-state index contributed by atoms with van der Waals surface area (Å²) in [7, 11) is -3.33. The molecule has 1 N–H and O–H groups in total. The van der Waals surface area contributed by atoms with Gasteiger partial charge in [0.1, 0.15) is 0 Å². The van der Waals surface area contributed by atoms with Crippen molar-refractivity contribution in [3.8, 4) is 0 Å². The van der Waals surface area contributed by atoms with Gasteiger partial charge in [0.25, 0.3) is 0 Å². The molecule has 0 fully saturated rings. The highest BCUT2D eigenvalue weighted by Gasteiger charge is 2.11. The van der Waals surface area contributed by atoms with Gasteiger partial charge < -0.3 is 0 Å². The van der Waals surface area contributed by atoms with E-state index in [1.165, 1.54) is 0 Å². The zero-order valence-corrected chi connectivity index (χ0v) is 9.55. The number of benzene rings is 1. The highest BCUT2D eigenvalue weighted by Crippen LogP contribution is 2.10. The number of rotatable bonds is 5. The molecule has 1 rings (SSSR count). The van der Waals surface area contributed by atoms with E-state index >= 15 is 0 Å². The normalized spacial score (nSPS) is 11.3. The summed E-state index contributed by atoms with van der Waals surface area (Å²) in [6.45, 7) is 5.99. The van der Waals surface area contributed by atoms with Crippen LogP contribution < -0.4 is 4.72 Å². The Hall–Kier alpha value is -1.13. The van der Waals surface area contributed by atoms with E-state index in [1.807, 2.05) is 6.92 Å². The Kier molecular flexibility index (Phi) is 4.05. The molecule has 0 unspecified atom stereocenters. The predicted octanol–water partition coefficient (Wildman–Crippen LogP) is 2.02. The van der Waals surface area contributed by atoms with Crippen LogP contribution in [0.1, 0.15) is 18.9 Å². The molecule has 1 aromatic carbocycles. The molecule has 15 heavy (non-hydrogen) atoms. The van der Waals surface area contributed by atoms with Crippen LogP contribution in [0.5, 0.6) is 0 Å². The molecule has 0 atom stereocenters. The van der Waals surface area contributed by atoms with Gasteiger partial charge >= 0.3 is 0 Å². The van der Waals surface area contributed by atoms with Crippen LogP contribution in [-0.4, -0.2) is 15.0 Å². The Bertz CT molecular complexity index is 420. The van der Waals surface area contributed by atoms with Crippen LogP contribution in [-0.2, 0) is 10.0 Å². The minimum absolute atomic E-state index is 0.293. The second-order valence-corrected chi connectivity index (χ2v) is 4.94. The lowest BCUT2D eigenvalue weighted by Gasteiger charge is -2.05. The molecule has 0 saturated heterocycles. The van der Waals surface area contributed by atoms with Crippen LogP contribution in [0.15, 0.2) is 35.7 Å². The molecular formula is C11H15NO2S. The molecule has 0 aliphatic carbocycles. The maximum atomic E-state index is 11.7. The molecule has 82 valence electrons. The summed E-state index contributed by atoms with van der Waals surface area (Å²) in [5.74, 6) is 0. The van der Waals surface area contributed by atoms with Crippen molar-refractivity contribution in [2.45, 2.75) is 18.2 Å². The largest absolute Gasteiger partial charge is 0.240 e. The zero-order valence-electron chi connectivity index (χ0n) is 8.73. The fourth-order valence-electron chi connectivity index (χ4n) is 1.10. The maximum Gasteiger partial charge on any atom is 0.240 e. The Morgan fingerprint density at radius 1 is 1.33 bits per heavy atom. The van der Waals surface area contributed by atoms with Crippen LogP contribution in [0, 0.1) is 0 Å². The molecule has 0 heterocycles. The van der Waals surface area contributed by atoms with Crippen molar-refractivity contribution < 1.29 is 8.42 Å². The lowest BCUT2D eigenvalue weighted by atomic mass is 10.2. The zero-order chi connectivity index (χ0) is 11.3. The molecule has 4 heteroatoms. The smallest absolute Gasteiger partial charge is 0.211 e. The van der Waals surface area contributed by atoms with Crippen LogP contribution in [0.2, 0.25) is 0 Å². The summed E-state index contributed by atoms with van der Waals surface area (Å²) < 4.78 is 25.8. The number of hydrogen-bond donors (Lipinski definition) is 1. The molecule has 3 nitrogen and oxygen atoms in total. The predicted molar refractivity (Wildman–Crippen MR) is 62.0 cm³/mol. The van der Waals surface area contributed by atoms with Gasteiger partial charge in [-0.25, -0.2) is 13.1 Å². The number of sulfonamides is 1. The van der Waals surface area contributed by atoms with Crippen LogP contribution >= 0.6 is 0 Å². The first kappa shape index (κ1) is 11.9. The fourth-order valence-corrected chi connectivity index (χ4v) is 2.24. The third-order valence-electron chi connectivity index (χ3n) is 1.97. The maximum absolute atomic E-state index is 11.7. The SMILES string of the molecule is C=Cc1ccc(S(=O)(=O)NCCC)cc1. The summed E-state index contributed by atoms with van der Waals surface area (Å²) in [4.78, 5) is 0.293. The summed E-state index contributed by atoms with van der Waals surface area (Å²) in [6, 6.07) is 6.62. The first-order chi connectivity index (χ1) is 7.10. The Morgan fingerprint density at radius 2 is 1.93 bits per heavy atom. The van der Waals surface area contributed by atoms with Crippen molar-refractivity contribution in [2.24, 2.45) is 0 Å². The molecule has 0 bridgehead atoms. The summed E-state index contributed by atoms with van der Waals surface area (Å²) >= 11 is 0. The molecule has 0 radical (unpaired) electrons. The van der Waals surface area contributed by atoms with Gasteiger partial charge in [0.15, 0.2) is 0 Å². The average Bonchev–Trinajstić information content (AvgIpc) is 2.26. The van der Waals surface area contributed by atoms with E-state index in [0.29, 0.717) is 11.4 Å². The highest BCUT2D eigenvalue weighted by atomic mass is 32.2. The highest BCUT2D eigenvalue weighted by molar-refractivity contribution is 7.89. The first-order valence-corrected chi connectivity index (χ1v) is 6.30. The van der Waals surface area contributed by atoms with Crippen LogP contribution in [0.4, 0.5) is 0 Å². The fraction of sp³-hybridized carbons (Fsp3) is 0.273. The minimum atomic E-state index is -3.33. The molecular weight excluding hydrogens is 210 g/mol. The Morgan fingerprint density at radius 3 is 2.40 bits per heavy atom. The van der Waals surface area contributed by atoms with E-state index in [2.05, 4.69) is 11.3 Å². The van der Waals surface area contributed by atoms with Gasteiger partial charge in [0, 0.05) is 6.54 Å². The third kappa shape index (κ3) is 3.18. The van der Waals surface area contributed by atoms with Gasteiger partial charge in [-0.3, -0.25) is 0 Å². The van der Waals surface area contributed by atoms with E-state index in [9.17, 15) is 8.42 Å². The van der Waals surface area contributed by atoms with Crippen LogP contribution in [0.25, 0.3) is 6.08 Å². The van der Waals surface area contributed by atoms with Crippen molar-refractivity contribution in [2.75, 3.05) is 6.54 Å². The minimum Gasteiger partial charge on any atom is -0.211 e. The van der Waals surface area contributed by atoms with E-state index < -0.39 is 10.0 Å². The van der Waals surface area contributed by atoms with Crippen molar-refractivity contribution >= 4 is 16.1 Å². The Labute approximate surface area is 90.9 Å². The number of nitrogens with one attached hydrogen (secondary N) is 1. The van der Waals surface area contributed by atoms with Gasteiger partial charge in [-0.05, 0) is 24.1 Å². The molecule has 1 aromatic rings. The third-order valence-corrected chi connectivity index (χ3v) is 3.45. The standard InChI is InChI=1S/C11H15NO2S/c1-3-9-12-15(13,14)11-7-5-10(4-2)6-8-11/h4-8,12H,2-3,9H2,1H3. The molecule has 0 aromatic heterocycles.